The number of aromatic carboxylic acids is 3. The standard InChI is InChI=1S/C12H8O4.C12H14O4.C2H4/c13-11(14)8-5-1-3-7-4-2-6-9(10(7)8)12(15)16;1-12(2,3)16-11(15)9-6-4-5-8(7-9)10(13)14;1-2/h1-6H,(H,13,14)(H,15,16);4-7H,1-3H3,(H,13,14);1-2H2. The lowest BCUT2D eigenvalue weighted by molar-refractivity contribution is 0.00690. The van der Waals surface area contributed by atoms with E-state index in [1.165, 1.54) is 36.4 Å². The van der Waals surface area contributed by atoms with E-state index < -0.39 is 29.5 Å². The van der Waals surface area contributed by atoms with E-state index in [1.807, 2.05) is 0 Å². The molecule has 34 heavy (non-hydrogen) atoms. The van der Waals surface area contributed by atoms with Crippen LogP contribution in [0.5, 0.6) is 0 Å². The molecule has 3 aromatic rings. The number of carbonyl (C=O) groups excluding carboxylic acids is 1. The van der Waals surface area contributed by atoms with Crippen LogP contribution in [0.25, 0.3) is 10.8 Å². The molecule has 0 aliphatic carbocycles. The van der Waals surface area contributed by atoms with Gasteiger partial charge in [-0.1, -0.05) is 30.3 Å². The molecule has 3 N–H and O–H groups in total. The van der Waals surface area contributed by atoms with E-state index in [4.69, 9.17) is 20.1 Å². The predicted octanol–water partition coefficient (Wildman–Crippen LogP) is 5.38. The summed E-state index contributed by atoms with van der Waals surface area (Å²) >= 11 is 0. The molecule has 0 unspecified atom stereocenters. The van der Waals surface area contributed by atoms with Crippen LogP contribution in [-0.4, -0.2) is 44.8 Å². The number of hydrogen-bond donors (Lipinski definition) is 3. The molecule has 3 aromatic carbocycles. The number of rotatable bonds is 4. The van der Waals surface area contributed by atoms with Crippen molar-refractivity contribution in [3.63, 3.8) is 0 Å². The average Bonchev–Trinajstić information content (AvgIpc) is 2.78. The summed E-state index contributed by atoms with van der Waals surface area (Å²) in [5.41, 5.74) is -0.250. The number of fused-ring (bicyclic) bond motifs is 1. The molecule has 0 fully saturated rings. The zero-order valence-corrected chi connectivity index (χ0v) is 19.1. The van der Waals surface area contributed by atoms with Crippen molar-refractivity contribution >= 4 is 34.6 Å². The lowest BCUT2D eigenvalue weighted by Crippen LogP contribution is -2.24. The third-order valence-corrected chi connectivity index (χ3v) is 4.11. The Balaban J connectivity index is 0.000000317. The number of carboxylic acid groups (broad SMARTS) is 3. The van der Waals surface area contributed by atoms with Crippen molar-refractivity contribution in [2.75, 3.05) is 0 Å². The predicted molar refractivity (Wildman–Crippen MR) is 128 cm³/mol. The molecule has 8 nitrogen and oxygen atoms in total. The topological polar surface area (TPSA) is 138 Å². The number of esters is 1. The highest BCUT2D eigenvalue weighted by Crippen LogP contribution is 2.23. The van der Waals surface area contributed by atoms with E-state index in [0.29, 0.717) is 5.39 Å². The highest BCUT2D eigenvalue weighted by molar-refractivity contribution is 6.12. The van der Waals surface area contributed by atoms with E-state index in [-0.39, 0.29) is 27.6 Å². The van der Waals surface area contributed by atoms with Gasteiger partial charge in [0.15, 0.2) is 0 Å². The summed E-state index contributed by atoms with van der Waals surface area (Å²) in [6.45, 7) is 11.3. The normalized spacial score (nSPS) is 10.1. The Kier molecular flexibility index (Phi) is 9.70. The van der Waals surface area contributed by atoms with Gasteiger partial charge in [-0.2, -0.15) is 0 Å². The van der Waals surface area contributed by atoms with Gasteiger partial charge in [-0.25, -0.2) is 19.2 Å². The van der Waals surface area contributed by atoms with Crippen molar-refractivity contribution in [2.24, 2.45) is 0 Å². The van der Waals surface area contributed by atoms with Crippen molar-refractivity contribution in [3.05, 3.63) is 96.1 Å². The minimum atomic E-state index is -1.13. The first-order valence-corrected chi connectivity index (χ1v) is 9.95. The molecule has 8 heteroatoms. The minimum absolute atomic E-state index is 0.00972. The Labute approximate surface area is 196 Å². The van der Waals surface area contributed by atoms with Crippen LogP contribution in [-0.2, 0) is 4.74 Å². The van der Waals surface area contributed by atoms with Gasteiger partial charge < -0.3 is 20.1 Å². The molecule has 178 valence electrons. The third kappa shape index (κ3) is 7.59. The summed E-state index contributed by atoms with van der Waals surface area (Å²) in [7, 11) is 0. The summed E-state index contributed by atoms with van der Waals surface area (Å²) in [6.07, 6.45) is 0. The molecule has 0 aromatic heterocycles. The van der Waals surface area contributed by atoms with Gasteiger partial charge in [0.25, 0.3) is 0 Å². The van der Waals surface area contributed by atoms with E-state index in [2.05, 4.69) is 13.2 Å². The van der Waals surface area contributed by atoms with Crippen molar-refractivity contribution < 1.29 is 39.2 Å². The molecule has 3 rings (SSSR count). The highest BCUT2D eigenvalue weighted by atomic mass is 16.6. The van der Waals surface area contributed by atoms with Crippen molar-refractivity contribution in [1.29, 1.82) is 0 Å². The molecular formula is C26H26O8. The minimum Gasteiger partial charge on any atom is -0.478 e. The summed E-state index contributed by atoms with van der Waals surface area (Å²) in [5, 5.41) is 27.6. The number of ether oxygens (including phenoxy) is 1. The van der Waals surface area contributed by atoms with Gasteiger partial charge in [-0.15, -0.1) is 13.2 Å². The Morgan fingerprint density at radius 2 is 1.15 bits per heavy atom. The molecule has 0 saturated carbocycles. The van der Waals surface area contributed by atoms with Crippen molar-refractivity contribution in [2.45, 2.75) is 26.4 Å². The summed E-state index contributed by atoms with van der Waals surface area (Å²) in [5.74, 6) is -3.83. The van der Waals surface area contributed by atoms with Gasteiger partial charge in [0.05, 0.1) is 22.3 Å². The van der Waals surface area contributed by atoms with Crippen LogP contribution in [0.3, 0.4) is 0 Å². The fraction of sp³-hybridized carbons (Fsp3) is 0.154. The average molecular weight is 466 g/mol. The summed E-state index contributed by atoms with van der Waals surface area (Å²) < 4.78 is 5.13. The Bertz CT molecular complexity index is 1160. The fourth-order valence-electron chi connectivity index (χ4n) is 2.81. The smallest absolute Gasteiger partial charge is 0.338 e. The SMILES string of the molecule is C=C.CC(C)(C)OC(=O)c1cccc(C(=O)O)c1.O=C(O)c1cccc2cccc(C(=O)O)c12. The van der Waals surface area contributed by atoms with Gasteiger partial charge in [0.2, 0.25) is 0 Å². The maximum atomic E-state index is 11.6. The van der Waals surface area contributed by atoms with E-state index in [0.717, 1.165) is 0 Å². The zero-order valence-electron chi connectivity index (χ0n) is 19.1. The first-order valence-electron chi connectivity index (χ1n) is 9.95. The molecule has 0 radical (unpaired) electrons. The van der Waals surface area contributed by atoms with Gasteiger partial charge in [-0.05, 0) is 56.5 Å². The second-order valence-electron chi connectivity index (χ2n) is 7.71. The first-order chi connectivity index (χ1) is 15.9. The molecule has 0 heterocycles. The van der Waals surface area contributed by atoms with Gasteiger partial charge >= 0.3 is 23.9 Å². The summed E-state index contributed by atoms with van der Waals surface area (Å²) in [4.78, 5) is 44.3. The molecular weight excluding hydrogens is 440 g/mol. The number of carbonyl (C=O) groups is 4. The van der Waals surface area contributed by atoms with E-state index in [1.54, 1.807) is 45.0 Å². The van der Waals surface area contributed by atoms with Crippen molar-refractivity contribution in [1.82, 2.24) is 0 Å². The van der Waals surface area contributed by atoms with Gasteiger partial charge in [-0.3, -0.25) is 0 Å². The molecule has 0 aliphatic heterocycles. The maximum Gasteiger partial charge on any atom is 0.338 e. The molecule has 0 bridgehead atoms. The van der Waals surface area contributed by atoms with Crippen LogP contribution in [0.2, 0.25) is 0 Å². The van der Waals surface area contributed by atoms with Crippen molar-refractivity contribution in [3.8, 4) is 0 Å². The Hall–Kier alpha value is -4.46. The van der Waals surface area contributed by atoms with Crippen LogP contribution in [0.15, 0.2) is 73.8 Å². The Morgan fingerprint density at radius 1 is 0.706 bits per heavy atom. The second kappa shape index (κ2) is 12.0. The van der Waals surface area contributed by atoms with Crippen LogP contribution < -0.4 is 0 Å². The largest absolute Gasteiger partial charge is 0.478 e. The third-order valence-electron chi connectivity index (χ3n) is 4.11. The molecule has 0 atom stereocenters. The van der Waals surface area contributed by atoms with Crippen LogP contribution in [0.1, 0.15) is 62.2 Å². The van der Waals surface area contributed by atoms with Crippen LogP contribution in [0.4, 0.5) is 0 Å². The van der Waals surface area contributed by atoms with E-state index >= 15 is 0 Å². The number of carboxylic acids is 3. The molecule has 0 saturated heterocycles. The zero-order chi connectivity index (χ0) is 26.1. The lowest BCUT2D eigenvalue weighted by Gasteiger charge is -2.19. The molecule has 0 spiro atoms. The highest BCUT2D eigenvalue weighted by Gasteiger charge is 2.18. The first kappa shape index (κ1) is 27.6. The fourth-order valence-corrected chi connectivity index (χ4v) is 2.81. The summed E-state index contributed by atoms with van der Waals surface area (Å²) in [6, 6.07) is 15.1. The quantitative estimate of drug-likeness (QED) is 0.344. The maximum absolute atomic E-state index is 11.6. The monoisotopic (exact) mass is 466 g/mol. The molecule has 0 aliphatic rings. The van der Waals surface area contributed by atoms with Gasteiger partial charge in [0, 0.05) is 5.39 Å². The van der Waals surface area contributed by atoms with Crippen LogP contribution in [0, 0.1) is 0 Å². The molecule has 0 amide bonds. The number of hydrogen-bond acceptors (Lipinski definition) is 5. The number of benzene rings is 3. The Morgan fingerprint density at radius 3 is 1.56 bits per heavy atom. The second-order valence-corrected chi connectivity index (χ2v) is 7.71. The van der Waals surface area contributed by atoms with E-state index in [9.17, 15) is 19.2 Å². The van der Waals surface area contributed by atoms with Crippen LogP contribution >= 0.6 is 0 Å². The van der Waals surface area contributed by atoms with Gasteiger partial charge in [0.1, 0.15) is 5.60 Å². The lowest BCUT2D eigenvalue weighted by atomic mass is 9.99.